The van der Waals surface area contributed by atoms with Gasteiger partial charge < -0.3 is 10.2 Å². The molecular weight excluding hydrogens is 350 g/mol. The number of nitrogens with one attached hydrogen (secondary N) is 2. The highest BCUT2D eigenvalue weighted by molar-refractivity contribution is 7.89. The molecule has 0 bridgehead atoms. The van der Waals surface area contributed by atoms with Crippen molar-refractivity contribution in [1.29, 1.82) is 0 Å². The van der Waals surface area contributed by atoms with Gasteiger partial charge in [-0.1, -0.05) is 17.7 Å². The monoisotopic (exact) mass is 373 g/mol. The minimum atomic E-state index is -3.70. The van der Waals surface area contributed by atoms with Crippen LogP contribution in [-0.2, 0) is 14.8 Å². The van der Waals surface area contributed by atoms with Crippen LogP contribution in [0.5, 0.6) is 0 Å². The molecule has 1 aliphatic rings. The molecule has 7 heteroatoms. The lowest BCUT2D eigenvalue weighted by Gasteiger charge is -2.17. The van der Waals surface area contributed by atoms with Gasteiger partial charge in [0.05, 0.1) is 11.4 Å². The number of aryl methyl sites for hydroxylation is 1. The van der Waals surface area contributed by atoms with Crippen molar-refractivity contribution >= 4 is 27.3 Å². The Kier molecular flexibility index (Phi) is 5.58. The molecule has 0 saturated carbocycles. The third-order valence-corrected chi connectivity index (χ3v) is 5.79. The second kappa shape index (κ2) is 7.88. The Balaban J connectivity index is 1.54. The van der Waals surface area contributed by atoms with E-state index in [4.69, 9.17) is 0 Å². The van der Waals surface area contributed by atoms with Gasteiger partial charge >= 0.3 is 0 Å². The molecule has 138 valence electrons. The van der Waals surface area contributed by atoms with E-state index in [1.807, 2.05) is 31.2 Å². The van der Waals surface area contributed by atoms with Crippen molar-refractivity contribution in [3.05, 3.63) is 54.1 Å². The molecule has 0 radical (unpaired) electrons. The Morgan fingerprint density at radius 3 is 2.23 bits per heavy atom. The molecule has 1 aliphatic heterocycles. The predicted octanol–water partition coefficient (Wildman–Crippen LogP) is 2.51. The van der Waals surface area contributed by atoms with Gasteiger partial charge in [0.2, 0.25) is 15.9 Å². The molecule has 1 fully saturated rings. The van der Waals surface area contributed by atoms with Crippen molar-refractivity contribution in [2.75, 3.05) is 29.9 Å². The minimum Gasteiger partial charge on any atom is -0.372 e. The minimum absolute atomic E-state index is 0.144. The number of hydrogen-bond donors (Lipinski definition) is 2. The van der Waals surface area contributed by atoms with Crippen LogP contribution in [0.1, 0.15) is 18.4 Å². The summed E-state index contributed by atoms with van der Waals surface area (Å²) in [5, 5.41) is 2.71. The average Bonchev–Trinajstić information content (AvgIpc) is 3.16. The van der Waals surface area contributed by atoms with E-state index in [1.165, 1.54) is 25.0 Å². The molecule has 1 heterocycles. The standard InChI is InChI=1S/C19H23N3O3S/c1-15-4-10-18(11-5-15)26(24,25)20-14-19(23)21-16-6-8-17(9-7-16)22-12-2-3-13-22/h4-11,20H,2-3,12-14H2,1H3,(H,21,23). The van der Waals surface area contributed by atoms with Gasteiger partial charge in [-0.15, -0.1) is 0 Å². The molecular formula is C19H23N3O3S. The Labute approximate surface area is 154 Å². The molecule has 1 saturated heterocycles. The van der Waals surface area contributed by atoms with Crippen molar-refractivity contribution < 1.29 is 13.2 Å². The average molecular weight is 373 g/mol. The number of hydrogen-bond acceptors (Lipinski definition) is 4. The van der Waals surface area contributed by atoms with E-state index in [0.29, 0.717) is 5.69 Å². The van der Waals surface area contributed by atoms with E-state index in [0.717, 1.165) is 24.3 Å². The molecule has 26 heavy (non-hydrogen) atoms. The Bertz CT molecular complexity index is 856. The van der Waals surface area contributed by atoms with E-state index >= 15 is 0 Å². The lowest BCUT2D eigenvalue weighted by molar-refractivity contribution is -0.115. The van der Waals surface area contributed by atoms with Gasteiger partial charge in [0.15, 0.2) is 0 Å². The van der Waals surface area contributed by atoms with Gasteiger partial charge in [0.1, 0.15) is 0 Å². The SMILES string of the molecule is Cc1ccc(S(=O)(=O)NCC(=O)Nc2ccc(N3CCCC3)cc2)cc1. The first-order valence-electron chi connectivity index (χ1n) is 8.65. The quantitative estimate of drug-likeness (QED) is 0.816. The number of nitrogens with zero attached hydrogens (tertiary/aromatic N) is 1. The van der Waals surface area contributed by atoms with Gasteiger partial charge in [-0.3, -0.25) is 4.79 Å². The van der Waals surface area contributed by atoms with Crippen LogP contribution < -0.4 is 14.9 Å². The van der Waals surface area contributed by atoms with Crippen LogP contribution in [0.4, 0.5) is 11.4 Å². The molecule has 0 aliphatic carbocycles. The summed E-state index contributed by atoms with van der Waals surface area (Å²) in [6.45, 7) is 3.69. The molecule has 2 N–H and O–H groups in total. The fourth-order valence-electron chi connectivity index (χ4n) is 2.90. The summed E-state index contributed by atoms with van der Waals surface area (Å²) in [6, 6.07) is 14.1. The zero-order valence-electron chi connectivity index (χ0n) is 14.7. The highest BCUT2D eigenvalue weighted by Crippen LogP contribution is 2.22. The number of amides is 1. The number of carbonyl (C=O) groups excluding carboxylic acids is 1. The molecule has 3 rings (SSSR count). The van der Waals surface area contributed by atoms with Crippen LogP contribution in [0, 0.1) is 6.92 Å². The van der Waals surface area contributed by atoms with E-state index in [-0.39, 0.29) is 11.4 Å². The molecule has 6 nitrogen and oxygen atoms in total. The van der Waals surface area contributed by atoms with Crippen molar-refractivity contribution in [2.45, 2.75) is 24.7 Å². The highest BCUT2D eigenvalue weighted by Gasteiger charge is 2.16. The second-order valence-corrected chi connectivity index (χ2v) is 8.19. The Morgan fingerprint density at radius 1 is 1.00 bits per heavy atom. The van der Waals surface area contributed by atoms with Gasteiger partial charge in [0.25, 0.3) is 0 Å². The summed E-state index contributed by atoms with van der Waals surface area (Å²) in [5.41, 5.74) is 2.76. The topological polar surface area (TPSA) is 78.5 Å². The van der Waals surface area contributed by atoms with Crippen molar-refractivity contribution in [3.63, 3.8) is 0 Å². The largest absolute Gasteiger partial charge is 0.372 e. The van der Waals surface area contributed by atoms with Gasteiger partial charge in [-0.05, 0) is 56.2 Å². The van der Waals surface area contributed by atoms with Crippen LogP contribution in [-0.4, -0.2) is 34.0 Å². The molecule has 2 aromatic carbocycles. The third-order valence-electron chi connectivity index (χ3n) is 4.38. The van der Waals surface area contributed by atoms with Gasteiger partial charge in [-0.25, -0.2) is 13.1 Å². The van der Waals surface area contributed by atoms with Crippen molar-refractivity contribution in [2.24, 2.45) is 0 Å². The zero-order chi connectivity index (χ0) is 18.6. The molecule has 0 aromatic heterocycles. The Hall–Kier alpha value is -2.38. The van der Waals surface area contributed by atoms with Crippen LogP contribution in [0.3, 0.4) is 0 Å². The van der Waals surface area contributed by atoms with Gasteiger partial charge in [-0.2, -0.15) is 0 Å². The highest BCUT2D eigenvalue weighted by atomic mass is 32.2. The summed E-state index contributed by atoms with van der Waals surface area (Å²) in [7, 11) is -3.70. The van der Waals surface area contributed by atoms with Gasteiger partial charge in [0, 0.05) is 24.5 Å². The zero-order valence-corrected chi connectivity index (χ0v) is 15.6. The maximum atomic E-state index is 12.2. The summed E-state index contributed by atoms with van der Waals surface area (Å²) in [6.07, 6.45) is 2.42. The lowest BCUT2D eigenvalue weighted by atomic mass is 10.2. The molecule has 0 atom stereocenters. The van der Waals surface area contributed by atoms with Crippen molar-refractivity contribution in [1.82, 2.24) is 4.72 Å². The first kappa shape index (κ1) is 18.4. The summed E-state index contributed by atoms with van der Waals surface area (Å²) in [5.74, 6) is -0.408. The summed E-state index contributed by atoms with van der Waals surface area (Å²) in [4.78, 5) is 14.5. The fraction of sp³-hybridized carbons (Fsp3) is 0.316. The van der Waals surface area contributed by atoms with Crippen LogP contribution in [0.15, 0.2) is 53.4 Å². The molecule has 0 unspecified atom stereocenters. The molecule has 0 spiro atoms. The number of benzene rings is 2. The summed E-state index contributed by atoms with van der Waals surface area (Å²) >= 11 is 0. The maximum absolute atomic E-state index is 12.2. The van der Waals surface area contributed by atoms with E-state index in [1.54, 1.807) is 12.1 Å². The second-order valence-electron chi connectivity index (χ2n) is 6.43. The number of rotatable bonds is 6. The normalized spacial score (nSPS) is 14.4. The van der Waals surface area contributed by atoms with Crippen LogP contribution in [0.2, 0.25) is 0 Å². The predicted molar refractivity (Wildman–Crippen MR) is 103 cm³/mol. The van der Waals surface area contributed by atoms with E-state index in [2.05, 4.69) is 14.9 Å². The fourth-order valence-corrected chi connectivity index (χ4v) is 3.88. The lowest BCUT2D eigenvalue weighted by Crippen LogP contribution is -2.32. The van der Waals surface area contributed by atoms with E-state index < -0.39 is 15.9 Å². The molecule has 2 aromatic rings. The number of anilines is 2. The van der Waals surface area contributed by atoms with Crippen molar-refractivity contribution in [3.8, 4) is 0 Å². The first-order valence-corrected chi connectivity index (χ1v) is 10.1. The number of carbonyl (C=O) groups is 1. The third kappa shape index (κ3) is 4.62. The summed E-state index contributed by atoms with van der Waals surface area (Å²) < 4.78 is 26.7. The van der Waals surface area contributed by atoms with E-state index in [9.17, 15) is 13.2 Å². The van der Waals surface area contributed by atoms with Crippen LogP contribution >= 0.6 is 0 Å². The number of sulfonamides is 1. The maximum Gasteiger partial charge on any atom is 0.241 e. The van der Waals surface area contributed by atoms with Crippen LogP contribution in [0.25, 0.3) is 0 Å². The molecule has 1 amide bonds. The Morgan fingerprint density at radius 2 is 1.62 bits per heavy atom. The smallest absolute Gasteiger partial charge is 0.241 e. The first-order chi connectivity index (χ1) is 12.4.